The Morgan fingerprint density at radius 2 is 1.76 bits per heavy atom. The third-order valence-corrected chi connectivity index (χ3v) is 3.82. The zero-order valence-electron chi connectivity index (χ0n) is 13.4. The molecule has 3 rings (SSSR count). The van der Waals surface area contributed by atoms with Crippen LogP contribution < -0.4 is 16.4 Å². The van der Waals surface area contributed by atoms with Crippen molar-refractivity contribution in [2.75, 3.05) is 17.2 Å². The van der Waals surface area contributed by atoms with E-state index in [9.17, 15) is 9.59 Å². The number of carbonyl (C=O) groups is 2. The maximum Gasteiger partial charge on any atom is 0.291 e. The van der Waals surface area contributed by atoms with Crippen LogP contribution >= 0.6 is 12.4 Å². The molecule has 0 saturated carbocycles. The molecule has 7 nitrogen and oxygen atoms in total. The first kappa shape index (κ1) is 19.0. The molecule has 25 heavy (non-hydrogen) atoms. The second-order valence-corrected chi connectivity index (χ2v) is 5.56. The highest BCUT2D eigenvalue weighted by Crippen LogP contribution is 2.21. The van der Waals surface area contributed by atoms with Gasteiger partial charge in [0.1, 0.15) is 6.10 Å². The number of hydrogen-bond acceptors (Lipinski definition) is 5. The predicted molar refractivity (Wildman–Crippen MR) is 95.9 cm³/mol. The highest BCUT2D eigenvalue weighted by atomic mass is 35.5. The number of amides is 2. The molecule has 1 aromatic carbocycles. The average Bonchev–Trinajstić information content (AvgIpc) is 3.28. The van der Waals surface area contributed by atoms with Crippen LogP contribution in [-0.4, -0.2) is 30.6 Å². The molecule has 1 saturated heterocycles. The van der Waals surface area contributed by atoms with E-state index in [2.05, 4.69) is 10.6 Å². The molecule has 2 atom stereocenters. The normalized spacial score (nSPS) is 19.1. The highest BCUT2D eigenvalue weighted by molar-refractivity contribution is 6.02. The zero-order chi connectivity index (χ0) is 16.9. The third-order valence-electron chi connectivity index (χ3n) is 3.82. The van der Waals surface area contributed by atoms with Gasteiger partial charge in [0, 0.05) is 17.9 Å². The van der Waals surface area contributed by atoms with Crippen LogP contribution in [0.2, 0.25) is 0 Å². The molecule has 0 radical (unpaired) electrons. The summed E-state index contributed by atoms with van der Waals surface area (Å²) in [7, 11) is 0. The number of halogens is 1. The summed E-state index contributed by atoms with van der Waals surface area (Å²) in [6.07, 6.45) is 2.40. The number of anilines is 2. The molecule has 8 heteroatoms. The summed E-state index contributed by atoms with van der Waals surface area (Å²) < 4.78 is 10.6. The lowest BCUT2D eigenvalue weighted by Crippen LogP contribution is -2.29. The first-order valence-electron chi connectivity index (χ1n) is 7.77. The van der Waals surface area contributed by atoms with Crippen LogP contribution in [0.5, 0.6) is 0 Å². The van der Waals surface area contributed by atoms with E-state index in [0.717, 1.165) is 6.42 Å². The highest BCUT2D eigenvalue weighted by Gasteiger charge is 2.29. The molecule has 1 aromatic heterocycles. The van der Waals surface area contributed by atoms with E-state index in [4.69, 9.17) is 14.9 Å². The van der Waals surface area contributed by atoms with Gasteiger partial charge in [-0.3, -0.25) is 9.59 Å². The van der Waals surface area contributed by atoms with Crippen molar-refractivity contribution in [2.24, 2.45) is 5.73 Å². The molecule has 4 N–H and O–H groups in total. The Hall–Kier alpha value is -2.35. The molecule has 1 aliphatic heterocycles. The molecule has 2 heterocycles. The molecule has 2 amide bonds. The van der Waals surface area contributed by atoms with Gasteiger partial charge in [0.15, 0.2) is 5.76 Å². The van der Waals surface area contributed by atoms with Crippen LogP contribution in [0, 0.1) is 0 Å². The van der Waals surface area contributed by atoms with Gasteiger partial charge in [-0.2, -0.15) is 0 Å². The lowest BCUT2D eigenvalue weighted by molar-refractivity contribution is -0.126. The molecule has 0 spiro atoms. The van der Waals surface area contributed by atoms with Crippen molar-refractivity contribution in [3.05, 3.63) is 48.4 Å². The Morgan fingerprint density at radius 3 is 2.32 bits per heavy atom. The van der Waals surface area contributed by atoms with E-state index in [-0.39, 0.29) is 36.1 Å². The fourth-order valence-electron chi connectivity index (χ4n) is 2.53. The molecule has 1 aliphatic rings. The lowest BCUT2D eigenvalue weighted by atomic mass is 10.2. The van der Waals surface area contributed by atoms with Gasteiger partial charge in [-0.05, 0) is 49.2 Å². The van der Waals surface area contributed by atoms with Crippen molar-refractivity contribution in [3.63, 3.8) is 0 Å². The number of benzene rings is 1. The predicted octanol–water partition coefficient (Wildman–Crippen LogP) is 2.40. The van der Waals surface area contributed by atoms with Crippen molar-refractivity contribution in [3.8, 4) is 0 Å². The second-order valence-electron chi connectivity index (χ2n) is 5.56. The van der Waals surface area contributed by atoms with Crippen molar-refractivity contribution < 1.29 is 18.7 Å². The van der Waals surface area contributed by atoms with Gasteiger partial charge >= 0.3 is 0 Å². The minimum Gasteiger partial charge on any atom is -0.459 e. The Labute approximate surface area is 151 Å². The van der Waals surface area contributed by atoms with Crippen LogP contribution in [0.1, 0.15) is 23.4 Å². The Bertz CT molecular complexity index is 703. The molecular weight excluding hydrogens is 346 g/mol. The van der Waals surface area contributed by atoms with Crippen LogP contribution in [0.4, 0.5) is 11.4 Å². The number of nitrogens with one attached hydrogen (secondary N) is 2. The summed E-state index contributed by atoms with van der Waals surface area (Å²) in [5.74, 6) is -0.275. The molecule has 0 bridgehead atoms. The van der Waals surface area contributed by atoms with Crippen LogP contribution in [0.3, 0.4) is 0 Å². The summed E-state index contributed by atoms with van der Waals surface area (Å²) in [5.41, 5.74) is 6.78. The van der Waals surface area contributed by atoms with Crippen LogP contribution in [-0.2, 0) is 9.53 Å². The van der Waals surface area contributed by atoms with E-state index in [0.29, 0.717) is 24.3 Å². The number of rotatable bonds is 5. The monoisotopic (exact) mass is 365 g/mol. The van der Waals surface area contributed by atoms with Gasteiger partial charge in [0.25, 0.3) is 11.8 Å². The standard InChI is InChI=1S/C17H19N3O4.ClH/c18-10-13-7-8-15(24-13)17(22)20-12-5-3-11(4-6-12)19-16(21)14-2-1-9-23-14;/h1-6,9,13,15H,7-8,10,18H2,(H,19,21)(H,20,22);1H/t13-,15+;/m1./s1. The van der Waals surface area contributed by atoms with Crippen molar-refractivity contribution >= 4 is 35.6 Å². The first-order chi connectivity index (χ1) is 11.7. The quantitative estimate of drug-likeness (QED) is 0.754. The molecule has 0 aliphatic carbocycles. The minimum absolute atomic E-state index is 0. The maximum absolute atomic E-state index is 12.1. The number of ether oxygens (including phenoxy) is 1. The third kappa shape index (κ3) is 4.82. The Balaban J connectivity index is 0.00000225. The Morgan fingerprint density at radius 1 is 1.08 bits per heavy atom. The van der Waals surface area contributed by atoms with E-state index >= 15 is 0 Å². The fraction of sp³-hybridized carbons (Fsp3) is 0.294. The molecule has 134 valence electrons. The number of carbonyl (C=O) groups excluding carboxylic acids is 2. The van der Waals surface area contributed by atoms with Gasteiger partial charge < -0.3 is 25.5 Å². The molecule has 1 fully saturated rings. The summed E-state index contributed by atoms with van der Waals surface area (Å²) in [6.45, 7) is 0.424. The van der Waals surface area contributed by atoms with Crippen LogP contribution in [0.15, 0.2) is 47.1 Å². The first-order valence-corrected chi connectivity index (χ1v) is 7.77. The number of hydrogen-bond donors (Lipinski definition) is 3. The minimum atomic E-state index is -0.461. The smallest absolute Gasteiger partial charge is 0.291 e. The molecule has 2 aromatic rings. The van der Waals surface area contributed by atoms with Gasteiger partial charge in [-0.25, -0.2) is 0 Å². The van der Waals surface area contributed by atoms with E-state index < -0.39 is 6.10 Å². The van der Waals surface area contributed by atoms with Crippen molar-refractivity contribution in [1.82, 2.24) is 0 Å². The summed E-state index contributed by atoms with van der Waals surface area (Å²) >= 11 is 0. The number of furan rings is 1. The zero-order valence-corrected chi connectivity index (χ0v) is 14.3. The topological polar surface area (TPSA) is 107 Å². The van der Waals surface area contributed by atoms with E-state index in [1.165, 1.54) is 6.26 Å². The summed E-state index contributed by atoms with van der Waals surface area (Å²) in [5, 5.41) is 5.51. The largest absolute Gasteiger partial charge is 0.459 e. The van der Waals surface area contributed by atoms with Gasteiger partial charge in [0.2, 0.25) is 0 Å². The van der Waals surface area contributed by atoms with Crippen molar-refractivity contribution in [2.45, 2.75) is 25.0 Å². The van der Waals surface area contributed by atoms with Crippen LogP contribution in [0.25, 0.3) is 0 Å². The summed E-state index contributed by atoms with van der Waals surface area (Å²) in [6, 6.07) is 10.1. The molecular formula is C17H20ClN3O4. The average molecular weight is 366 g/mol. The second kappa shape index (κ2) is 8.66. The van der Waals surface area contributed by atoms with Gasteiger partial charge in [0.05, 0.1) is 12.4 Å². The van der Waals surface area contributed by atoms with Gasteiger partial charge in [-0.1, -0.05) is 0 Å². The van der Waals surface area contributed by atoms with E-state index in [1.54, 1.807) is 36.4 Å². The maximum atomic E-state index is 12.1. The van der Waals surface area contributed by atoms with Gasteiger partial charge in [-0.15, -0.1) is 12.4 Å². The van der Waals surface area contributed by atoms with Crippen molar-refractivity contribution in [1.29, 1.82) is 0 Å². The molecule has 0 unspecified atom stereocenters. The fourth-order valence-corrected chi connectivity index (χ4v) is 2.53. The number of nitrogens with two attached hydrogens (primary N) is 1. The lowest BCUT2D eigenvalue weighted by Gasteiger charge is -2.13. The SMILES string of the molecule is Cl.NC[C@H]1CC[C@@H](C(=O)Nc2ccc(NC(=O)c3ccco3)cc2)O1. The Kier molecular flexibility index (Phi) is 6.58. The summed E-state index contributed by atoms with van der Waals surface area (Å²) in [4.78, 5) is 24.0. The van der Waals surface area contributed by atoms with E-state index in [1.807, 2.05) is 0 Å².